The molecule has 0 fully saturated rings. The molecule has 2 heteroatoms. The van der Waals surface area contributed by atoms with E-state index in [0.717, 1.165) is 24.1 Å². The second kappa shape index (κ2) is 5.27. The summed E-state index contributed by atoms with van der Waals surface area (Å²) in [5.41, 5.74) is 2.05. The molecule has 24 heavy (non-hydrogen) atoms. The first-order chi connectivity index (χ1) is 11.9. The fourth-order valence-corrected chi connectivity index (χ4v) is 3.75. The van der Waals surface area contributed by atoms with Gasteiger partial charge >= 0.3 is 0 Å². The molecule has 0 atom stereocenters. The Morgan fingerprint density at radius 3 is 2.46 bits per heavy atom. The van der Waals surface area contributed by atoms with Crippen molar-refractivity contribution in [2.45, 2.75) is 12.8 Å². The Balaban J connectivity index is 1.91. The highest BCUT2D eigenvalue weighted by atomic mass is 14.8. The van der Waals surface area contributed by atoms with Crippen LogP contribution < -0.4 is 10.4 Å². The van der Waals surface area contributed by atoms with Crippen molar-refractivity contribution in [3.05, 3.63) is 71.5 Å². The summed E-state index contributed by atoms with van der Waals surface area (Å²) in [5, 5.41) is 7.89. The van der Waals surface area contributed by atoms with Crippen molar-refractivity contribution in [1.82, 2.24) is 9.97 Å². The molecule has 0 aliphatic heterocycles. The van der Waals surface area contributed by atoms with Crippen LogP contribution in [0.15, 0.2) is 61.1 Å². The first kappa shape index (κ1) is 13.4. The molecular weight excluding hydrogens is 292 g/mol. The van der Waals surface area contributed by atoms with Gasteiger partial charge in [-0.3, -0.25) is 9.97 Å². The van der Waals surface area contributed by atoms with Crippen molar-refractivity contribution in [3.63, 3.8) is 0 Å². The van der Waals surface area contributed by atoms with E-state index in [1.807, 2.05) is 6.20 Å². The third-order valence-corrected chi connectivity index (χ3v) is 4.85. The highest BCUT2D eigenvalue weighted by Gasteiger charge is 2.09. The molecule has 0 amide bonds. The van der Waals surface area contributed by atoms with Crippen molar-refractivity contribution in [1.29, 1.82) is 0 Å². The minimum atomic E-state index is 0.917. The molecule has 0 spiro atoms. The van der Waals surface area contributed by atoms with Crippen molar-refractivity contribution < 1.29 is 0 Å². The number of hydrogen-bond donors (Lipinski definition) is 0. The third kappa shape index (κ3) is 1.96. The Kier molecular flexibility index (Phi) is 2.95. The third-order valence-electron chi connectivity index (χ3n) is 4.85. The molecular formula is C22H16N2. The van der Waals surface area contributed by atoms with Crippen LogP contribution >= 0.6 is 0 Å². The van der Waals surface area contributed by atoms with Crippen LogP contribution in [0.25, 0.3) is 45.0 Å². The summed E-state index contributed by atoms with van der Waals surface area (Å²) in [6.45, 7) is 0. The summed E-state index contributed by atoms with van der Waals surface area (Å²) in [4.78, 5) is 8.69. The lowest BCUT2D eigenvalue weighted by molar-refractivity contribution is 1.12. The van der Waals surface area contributed by atoms with E-state index in [-0.39, 0.29) is 0 Å². The highest BCUT2D eigenvalue weighted by Crippen LogP contribution is 2.30. The van der Waals surface area contributed by atoms with E-state index in [1.54, 1.807) is 12.4 Å². The van der Waals surface area contributed by atoms with E-state index in [2.05, 4.69) is 64.6 Å². The highest BCUT2D eigenvalue weighted by molar-refractivity contribution is 6.11. The van der Waals surface area contributed by atoms with Gasteiger partial charge in [-0.1, -0.05) is 54.6 Å². The van der Waals surface area contributed by atoms with Crippen molar-refractivity contribution in [3.8, 4) is 11.3 Å². The zero-order valence-electron chi connectivity index (χ0n) is 13.2. The Bertz CT molecular complexity index is 1190. The summed E-state index contributed by atoms with van der Waals surface area (Å²) in [5.74, 6) is 0. The normalized spacial score (nSPS) is 13.3. The van der Waals surface area contributed by atoms with Gasteiger partial charge in [-0.15, -0.1) is 0 Å². The van der Waals surface area contributed by atoms with Crippen molar-refractivity contribution in [2.75, 3.05) is 0 Å². The van der Waals surface area contributed by atoms with Crippen molar-refractivity contribution in [2.24, 2.45) is 0 Å². The van der Waals surface area contributed by atoms with Gasteiger partial charge < -0.3 is 0 Å². The zero-order chi connectivity index (χ0) is 15.9. The number of aromatic nitrogens is 2. The lowest BCUT2D eigenvalue weighted by Crippen LogP contribution is -2.27. The number of hydrogen-bond acceptors (Lipinski definition) is 2. The minimum absolute atomic E-state index is 0.917. The molecule has 2 nitrogen and oxygen atoms in total. The molecule has 5 rings (SSSR count). The topological polar surface area (TPSA) is 25.8 Å². The summed E-state index contributed by atoms with van der Waals surface area (Å²) >= 11 is 0. The van der Waals surface area contributed by atoms with Gasteiger partial charge in [0.05, 0.1) is 11.9 Å². The van der Waals surface area contributed by atoms with Gasteiger partial charge in [0.25, 0.3) is 0 Å². The fraction of sp³-hybridized carbons (Fsp3) is 0.0909. The maximum absolute atomic E-state index is 4.48. The SMILES string of the molecule is C1=c2ccc3c(ccc4c(-c5cnccn5)cccc43)c2=CCC1. The largest absolute Gasteiger partial charge is 0.261 e. The van der Waals surface area contributed by atoms with Crippen LogP contribution in [0.1, 0.15) is 12.8 Å². The van der Waals surface area contributed by atoms with E-state index in [4.69, 9.17) is 0 Å². The lowest BCUT2D eigenvalue weighted by atomic mass is 9.94. The molecule has 0 saturated carbocycles. The predicted molar refractivity (Wildman–Crippen MR) is 99.9 cm³/mol. The van der Waals surface area contributed by atoms with Crippen LogP contribution in [0.5, 0.6) is 0 Å². The molecule has 0 saturated heterocycles. The molecule has 0 bridgehead atoms. The fourth-order valence-electron chi connectivity index (χ4n) is 3.75. The minimum Gasteiger partial charge on any atom is -0.261 e. The van der Waals surface area contributed by atoms with Crippen LogP contribution in [0, 0.1) is 0 Å². The van der Waals surface area contributed by atoms with Crippen LogP contribution in [-0.4, -0.2) is 9.97 Å². The summed E-state index contributed by atoms with van der Waals surface area (Å²) < 4.78 is 0. The maximum atomic E-state index is 4.48. The average molecular weight is 308 g/mol. The van der Waals surface area contributed by atoms with Gasteiger partial charge in [-0.25, -0.2) is 0 Å². The standard InChI is InChI=1S/C22H16N2/c1-2-5-16-15(4-1)8-9-19-17-6-3-7-21(20(17)11-10-18(16)19)22-14-23-12-13-24-22/h3-14H,1-2H2. The molecule has 4 aromatic rings. The smallest absolute Gasteiger partial charge is 0.0891 e. The van der Waals surface area contributed by atoms with Gasteiger partial charge in [-0.2, -0.15) is 0 Å². The predicted octanol–water partition coefficient (Wildman–Crippen LogP) is 3.80. The second-order valence-electron chi connectivity index (χ2n) is 6.21. The first-order valence-electron chi connectivity index (χ1n) is 8.33. The Hall–Kier alpha value is -3.00. The van der Waals surface area contributed by atoms with Crippen LogP contribution in [-0.2, 0) is 0 Å². The summed E-state index contributed by atoms with van der Waals surface area (Å²) in [6.07, 6.45) is 12.3. The van der Waals surface area contributed by atoms with Crippen LogP contribution in [0.2, 0.25) is 0 Å². The first-order valence-corrected chi connectivity index (χ1v) is 8.33. The molecule has 0 radical (unpaired) electrons. The van der Waals surface area contributed by atoms with Gasteiger partial charge in [0, 0.05) is 18.0 Å². The van der Waals surface area contributed by atoms with Gasteiger partial charge in [-0.05, 0) is 44.8 Å². The molecule has 3 aromatic carbocycles. The molecule has 114 valence electrons. The van der Waals surface area contributed by atoms with Crippen LogP contribution in [0.4, 0.5) is 0 Å². The summed E-state index contributed by atoms with van der Waals surface area (Å²) in [7, 11) is 0. The number of rotatable bonds is 1. The van der Waals surface area contributed by atoms with E-state index in [1.165, 1.54) is 32.0 Å². The Morgan fingerprint density at radius 2 is 1.54 bits per heavy atom. The Labute approximate surface area is 139 Å². The van der Waals surface area contributed by atoms with E-state index >= 15 is 0 Å². The zero-order valence-corrected chi connectivity index (χ0v) is 13.2. The van der Waals surface area contributed by atoms with Gasteiger partial charge in [0.1, 0.15) is 0 Å². The van der Waals surface area contributed by atoms with Crippen LogP contribution in [0.3, 0.4) is 0 Å². The molecule has 1 aliphatic rings. The molecule has 1 aromatic heterocycles. The molecule has 0 N–H and O–H groups in total. The monoisotopic (exact) mass is 308 g/mol. The molecule has 1 heterocycles. The average Bonchev–Trinajstić information content (AvgIpc) is 2.67. The number of benzene rings is 3. The number of nitrogens with zero attached hydrogens (tertiary/aromatic N) is 2. The van der Waals surface area contributed by atoms with Gasteiger partial charge in [0.2, 0.25) is 0 Å². The maximum Gasteiger partial charge on any atom is 0.0891 e. The Morgan fingerprint density at radius 1 is 0.708 bits per heavy atom. The van der Waals surface area contributed by atoms with Crippen molar-refractivity contribution >= 4 is 33.7 Å². The molecule has 0 unspecified atom stereocenters. The quantitative estimate of drug-likeness (QED) is 0.500. The van der Waals surface area contributed by atoms with E-state index in [0.29, 0.717) is 0 Å². The van der Waals surface area contributed by atoms with E-state index in [9.17, 15) is 0 Å². The van der Waals surface area contributed by atoms with E-state index < -0.39 is 0 Å². The summed E-state index contributed by atoms with van der Waals surface area (Å²) in [6, 6.07) is 15.4. The second-order valence-corrected chi connectivity index (χ2v) is 6.21. The van der Waals surface area contributed by atoms with Gasteiger partial charge in [0.15, 0.2) is 0 Å². The molecule has 1 aliphatic carbocycles. The number of fused-ring (bicyclic) bond motifs is 5. The lowest BCUT2D eigenvalue weighted by Gasteiger charge is -2.10.